The lowest BCUT2D eigenvalue weighted by Crippen LogP contribution is -2.59. The van der Waals surface area contributed by atoms with Crippen molar-refractivity contribution in [3.05, 3.63) is 35.9 Å². The van der Waals surface area contributed by atoms with Gasteiger partial charge in [-0.15, -0.1) is 11.6 Å². The van der Waals surface area contributed by atoms with E-state index < -0.39 is 0 Å². The summed E-state index contributed by atoms with van der Waals surface area (Å²) in [6, 6.07) is 10.2. The number of halogens is 1. The van der Waals surface area contributed by atoms with Crippen molar-refractivity contribution in [1.82, 2.24) is 5.06 Å². The van der Waals surface area contributed by atoms with Crippen LogP contribution in [0.15, 0.2) is 30.3 Å². The lowest BCUT2D eigenvalue weighted by Gasteiger charge is -2.52. The van der Waals surface area contributed by atoms with Crippen molar-refractivity contribution in [3.63, 3.8) is 0 Å². The van der Waals surface area contributed by atoms with Crippen molar-refractivity contribution in [1.29, 1.82) is 0 Å². The van der Waals surface area contributed by atoms with Crippen LogP contribution in [0.25, 0.3) is 0 Å². The molecule has 0 aliphatic carbocycles. The summed E-state index contributed by atoms with van der Waals surface area (Å²) in [7, 11) is 0. The maximum Gasteiger partial charge on any atom is 0.0614 e. The number of alkyl halides is 1. The van der Waals surface area contributed by atoms with Gasteiger partial charge >= 0.3 is 0 Å². The number of rotatable bonds is 2. The third-order valence-corrected chi connectivity index (χ3v) is 4.81. The molecule has 3 heteroatoms. The normalized spacial score (nSPS) is 25.2. The zero-order valence-electron chi connectivity index (χ0n) is 12.2. The van der Waals surface area contributed by atoms with E-state index in [4.69, 9.17) is 11.6 Å². The second kappa shape index (κ2) is 5.08. The molecule has 1 aromatic rings. The molecule has 0 radical (unpaired) electrons. The third-order valence-electron chi connectivity index (χ3n) is 4.20. The Morgan fingerprint density at radius 1 is 1.11 bits per heavy atom. The molecule has 19 heavy (non-hydrogen) atoms. The van der Waals surface area contributed by atoms with Gasteiger partial charge in [0.2, 0.25) is 0 Å². The maximum atomic E-state index is 10.3. The lowest BCUT2D eigenvalue weighted by atomic mass is 9.73. The largest absolute Gasteiger partial charge is 0.313 e. The zero-order valence-corrected chi connectivity index (χ0v) is 13.0. The number of hydrogen-bond acceptors (Lipinski definition) is 2. The molecule has 1 aliphatic rings. The average Bonchev–Trinajstić information content (AvgIpc) is 2.35. The van der Waals surface area contributed by atoms with Crippen LogP contribution in [0.5, 0.6) is 0 Å². The van der Waals surface area contributed by atoms with Gasteiger partial charge in [0.15, 0.2) is 0 Å². The molecule has 1 aliphatic heterocycles. The first-order valence-corrected chi connectivity index (χ1v) is 7.36. The SMILES string of the molecule is CC1(C)CC(C(Cl)c2ccccc2)CC(C)(C)N1O. The minimum atomic E-state index is -0.242. The fourth-order valence-electron chi connectivity index (χ4n) is 3.46. The molecule has 1 heterocycles. The van der Waals surface area contributed by atoms with Crippen molar-refractivity contribution in [2.75, 3.05) is 0 Å². The van der Waals surface area contributed by atoms with Crippen LogP contribution in [0.2, 0.25) is 0 Å². The van der Waals surface area contributed by atoms with Gasteiger partial charge in [0.05, 0.1) is 5.38 Å². The maximum absolute atomic E-state index is 10.3. The van der Waals surface area contributed by atoms with Gasteiger partial charge in [0.25, 0.3) is 0 Å². The Morgan fingerprint density at radius 3 is 2.05 bits per heavy atom. The Morgan fingerprint density at radius 2 is 1.58 bits per heavy atom. The molecule has 1 fully saturated rings. The highest BCUT2D eigenvalue weighted by molar-refractivity contribution is 6.21. The summed E-state index contributed by atoms with van der Waals surface area (Å²) in [6.45, 7) is 8.32. The van der Waals surface area contributed by atoms with Crippen LogP contribution < -0.4 is 0 Å². The zero-order chi connectivity index (χ0) is 14.3. The molecular weight excluding hydrogens is 258 g/mol. The molecular formula is C16H24ClNO. The second-order valence-electron chi connectivity index (χ2n) is 6.92. The molecule has 1 N–H and O–H groups in total. The van der Waals surface area contributed by atoms with E-state index in [2.05, 4.69) is 39.8 Å². The van der Waals surface area contributed by atoms with Crippen LogP contribution in [0.1, 0.15) is 51.5 Å². The molecule has 106 valence electrons. The van der Waals surface area contributed by atoms with Crippen LogP contribution in [0.3, 0.4) is 0 Å². The van der Waals surface area contributed by atoms with Crippen LogP contribution in [0.4, 0.5) is 0 Å². The summed E-state index contributed by atoms with van der Waals surface area (Å²) >= 11 is 6.69. The highest BCUT2D eigenvalue weighted by atomic mass is 35.5. The van der Waals surface area contributed by atoms with Crippen LogP contribution >= 0.6 is 11.6 Å². The first-order chi connectivity index (χ1) is 8.74. The lowest BCUT2D eigenvalue weighted by molar-refractivity contribution is -0.251. The van der Waals surface area contributed by atoms with E-state index in [1.807, 2.05) is 18.2 Å². The molecule has 1 atom stereocenters. The van der Waals surface area contributed by atoms with Gasteiger partial charge in [-0.05, 0) is 52.0 Å². The van der Waals surface area contributed by atoms with E-state index >= 15 is 0 Å². The Balaban J connectivity index is 2.22. The Bertz CT molecular complexity index is 412. The minimum absolute atomic E-state index is 0.00782. The Labute approximate surface area is 121 Å². The topological polar surface area (TPSA) is 23.5 Å². The van der Waals surface area contributed by atoms with Gasteiger partial charge in [0, 0.05) is 11.1 Å². The molecule has 0 spiro atoms. The Hall–Kier alpha value is -0.570. The first kappa shape index (κ1) is 14.8. The summed E-state index contributed by atoms with van der Waals surface area (Å²) in [6.07, 6.45) is 1.80. The number of hydroxylamine groups is 2. The molecule has 1 saturated heterocycles. The number of benzene rings is 1. The second-order valence-corrected chi connectivity index (χ2v) is 7.39. The Kier molecular flexibility index (Phi) is 3.97. The van der Waals surface area contributed by atoms with Gasteiger partial charge in [-0.25, -0.2) is 0 Å². The molecule has 0 saturated carbocycles. The van der Waals surface area contributed by atoms with E-state index in [1.54, 1.807) is 0 Å². The molecule has 2 nitrogen and oxygen atoms in total. The summed E-state index contributed by atoms with van der Waals surface area (Å²) in [5, 5.41) is 11.8. The minimum Gasteiger partial charge on any atom is -0.313 e. The van der Waals surface area contributed by atoms with Gasteiger partial charge in [-0.3, -0.25) is 0 Å². The summed E-state index contributed by atoms with van der Waals surface area (Å²) < 4.78 is 0. The number of piperidine rings is 1. The average molecular weight is 282 g/mol. The predicted octanol–water partition coefficient (Wildman–Crippen LogP) is 4.62. The third kappa shape index (κ3) is 2.96. The summed E-state index contributed by atoms with van der Waals surface area (Å²) in [5.41, 5.74) is 0.690. The fourth-order valence-corrected chi connectivity index (χ4v) is 3.79. The number of nitrogens with zero attached hydrogens (tertiary/aromatic N) is 1. The quantitative estimate of drug-likeness (QED) is 0.799. The number of hydrogen-bond donors (Lipinski definition) is 1. The van der Waals surface area contributed by atoms with E-state index in [0.717, 1.165) is 12.8 Å². The molecule has 2 rings (SSSR count). The van der Waals surface area contributed by atoms with Crippen molar-refractivity contribution in [2.45, 2.75) is 57.0 Å². The van der Waals surface area contributed by atoms with Crippen molar-refractivity contribution in [2.24, 2.45) is 5.92 Å². The van der Waals surface area contributed by atoms with E-state index in [0.29, 0.717) is 5.92 Å². The molecule has 0 bridgehead atoms. The molecule has 0 aromatic heterocycles. The molecule has 0 amide bonds. The van der Waals surface area contributed by atoms with Crippen LogP contribution in [-0.4, -0.2) is 21.3 Å². The van der Waals surface area contributed by atoms with E-state index in [-0.39, 0.29) is 16.5 Å². The highest BCUT2D eigenvalue weighted by Gasteiger charge is 2.46. The smallest absolute Gasteiger partial charge is 0.0614 e. The highest BCUT2D eigenvalue weighted by Crippen LogP contribution is 2.46. The standard InChI is InChI=1S/C16H24ClNO/c1-15(2)10-13(11-16(3,4)18(15)19)14(17)12-8-6-5-7-9-12/h5-9,13-14,19H,10-11H2,1-4H3. The summed E-state index contributed by atoms with van der Waals surface area (Å²) in [5.74, 6) is 0.373. The van der Waals surface area contributed by atoms with Gasteiger partial charge in [-0.1, -0.05) is 30.3 Å². The molecule has 1 aromatic carbocycles. The molecule has 1 unspecified atom stereocenters. The monoisotopic (exact) mass is 281 g/mol. The summed E-state index contributed by atoms with van der Waals surface area (Å²) in [4.78, 5) is 0. The fraction of sp³-hybridized carbons (Fsp3) is 0.625. The van der Waals surface area contributed by atoms with Gasteiger partial charge in [-0.2, -0.15) is 5.06 Å². The van der Waals surface area contributed by atoms with E-state index in [1.165, 1.54) is 10.6 Å². The van der Waals surface area contributed by atoms with Crippen LogP contribution in [0, 0.1) is 5.92 Å². The first-order valence-electron chi connectivity index (χ1n) is 6.92. The van der Waals surface area contributed by atoms with Gasteiger partial charge in [0.1, 0.15) is 0 Å². The van der Waals surface area contributed by atoms with Crippen LogP contribution in [-0.2, 0) is 0 Å². The van der Waals surface area contributed by atoms with E-state index in [9.17, 15) is 5.21 Å². The van der Waals surface area contributed by atoms with Crippen molar-refractivity contribution in [3.8, 4) is 0 Å². The van der Waals surface area contributed by atoms with Crippen molar-refractivity contribution >= 4 is 11.6 Å². The van der Waals surface area contributed by atoms with Crippen molar-refractivity contribution < 1.29 is 5.21 Å². The van der Waals surface area contributed by atoms with Gasteiger partial charge < -0.3 is 5.21 Å². The predicted molar refractivity (Wildman–Crippen MR) is 79.5 cm³/mol.